The second kappa shape index (κ2) is 5.79. The van der Waals surface area contributed by atoms with E-state index in [9.17, 15) is 10.1 Å². The van der Waals surface area contributed by atoms with Gasteiger partial charge < -0.3 is 9.84 Å². The van der Waals surface area contributed by atoms with Gasteiger partial charge in [0.15, 0.2) is 5.82 Å². The van der Waals surface area contributed by atoms with Gasteiger partial charge in [0.05, 0.1) is 4.92 Å². The van der Waals surface area contributed by atoms with Crippen molar-refractivity contribution in [2.24, 2.45) is 0 Å². The summed E-state index contributed by atoms with van der Waals surface area (Å²) in [5, 5.41) is 17.8. The normalized spacial score (nSPS) is 12.3. The number of likely N-dealkylation sites (N-methyl/N-ethyl adjacent to an activating group) is 1. The minimum atomic E-state index is -0.434. The van der Waals surface area contributed by atoms with Crippen LogP contribution in [0.3, 0.4) is 0 Å². The van der Waals surface area contributed by atoms with Gasteiger partial charge in [-0.1, -0.05) is 5.16 Å². The number of nitro benzene ring substituents is 1. The number of nitrogens with one attached hydrogen (secondary N) is 1. The number of hydrogen-bond acceptors (Lipinski definition) is 6. The van der Waals surface area contributed by atoms with Crippen molar-refractivity contribution in [3.05, 3.63) is 39.7 Å². The van der Waals surface area contributed by atoms with Gasteiger partial charge in [0.1, 0.15) is 0 Å². The molecular weight excluding hydrogens is 260 g/mol. The van der Waals surface area contributed by atoms with Gasteiger partial charge in [-0.3, -0.25) is 10.1 Å². The van der Waals surface area contributed by atoms with Crippen LogP contribution >= 0.6 is 0 Å². The molecular formula is C13H16N4O3. The highest BCUT2D eigenvalue weighted by Gasteiger charge is 2.15. The van der Waals surface area contributed by atoms with Crippen LogP contribution in [0.2, 0.25) is 0 Å². The third kappa shape index (κ3) is 3.18. The van der Waals surface area contributed by atoms with Gasteiger partial charge in [0.25, 0.3) is 11.6 Å². The summed E-state index contributed by atoms with van der Waals surface area (Å²) in [5.41, 5.74) is 1.36. The predicted octanol–water partition coefficient (Wildman–Crippen LogP) is 2.10. The lowest BCUT2D eigenvalue weighted by atomic mass is 10.1. The SMILES string of the molecule is CNC(C)Cc1noc(-c2cc(C)cc([N+](=O)[O-])c2)n1. The van der Waals surface area contributed by atoms with Crippen molar-refractivity contribution in [3.63, 3.8) is 0 Å². The maximum Gasteiger partial charge on any atom is 0.270 e. The van der Waals surface area contributed by atoms with Crippen molar-refractivity contribution in [3.8, 4) is 11.5 Å². The molecule has 0 spiro atoms. The first-order chi connectivity index (χ1) is 9.49. The van der Waals surface area contributed by atoms with Gasteiger partial charge in [-0.15, -0.1) is 0 Å². The molecule has 7 nitrogen and oxygen atoms in total. The Kier molecular flexibility index (Phi) is 4.09. The third-order valence-corrected chi connectivity index (χ3v) is 2.97. The Morgan fingerprint density at radius 1 is 1.45 bits per heavy atom. The number of rotatable bonds is 5. The number of non-ortho nitro benzene ring substituents is 1. The van der Waals surface area contributed by atoms with Crippen LogP contribution in [0.4, 0.5) is 5.69 Å². The van der Waals surface area contributed by atoms with Crippen LogP contribution in [-0.2, 0) is 6.42 Å². The highest BCUT2D eigenvalue weighted by atomic mass is 16.6. The summed E-state index contributed by atoms with van der Waals surface area (Å²) >= 11 is 0. The monoisotopic (exact) mass is 276 g/mol. The molecule has 1 atom stereocenters. The Morgan fingerprint density at radius 3 is 2.85 bits per heavy atom. The van der Waals surface area contributed by atoms with Gasteiger partial charge in [0.2, 0.25) is 0 Å². The first-order valence-electron chi connectivity index (χ1n) is 6.26. The zero-order valence-electron chi connectivity index (χ0n) is 11.6. The Bertz CT molecular complexity index is 624. The topological polar surface area (TPSA) is 94.1 Å². The first-order valence-corrected chi connectivity index (χ1v) is 6.26. The van der Waals surface area contributed by atoms with Crippen LogP contribution in [-0.4, -0.2) is 28.2 Å². The Labute approximate surface area is 116 Å². The molecule has 0 aliphatic rings. The van der Waals surface area contributed by atoms with Crippen molar-refractivity contribution in [2.45, 2.75) is 26.3 Å². The van der Waals surface area contributed by atoms with Gasteiger partial charge in [0, 0.05) is 30.2 Å². The van der Waals surface area contributed by atoms with Crippen molar-refractivity contribution in [2.75, 3.05) is 7.05 Å². The molecule has 1 N–H and O–H groups in total. The van der Waals surface area contributed by atoms with Crippen LogP contribution in [0.15, 0.2) is 22.7 Å². The molecule has 0 saturated heterocycles. The van der Waals surface area contributed by atoms with Crippen molar-refractivity contribution in [1.29, 1.82) is 0 Å². The van der Waals surface area contributed by atoms with E-state index < -0.39 is 4.92 Å². The van der Waals surface area contributed by atoms with Crippen LogP contribution in [0.5, 0.6) is 0 Å². The van der Waals surface area contributed by atoms with E-state index in [-0.39, 0.29) is 11.7 Å². The van der Waals surface area contributed by atoms with Gasteiger partial charge in [-0.2, -0.15) is 4.98 Å². The number of benzene rings is 1. The Morgan fingerprint density at radius 2 is 2.20 bits per heavy atom. The average Bonchev–Trinajstić information content (AvgIpc) is 2.86. The highest BCUT2D eigenvalue weighted by molar-refractivity contribution is 5.59. The van der Waals surface area contributed by atoms with Gasteiger partial charge in [-0.05, 0) is 32.5 Å². The molecule has 0 radical (unpaired) electrons. The van der Waals surface area contributed by atoms with E-state index in [4.69, 9.17) is 4.52 Å². The fourth-order valence-electron chi connectivity index (χ4n) is 1.82. The molecule has 0 saturated carbocycles. The quantitative estimate of drug-likeness (QED) is 0.664. The van der Waals surface area contributed by atoms with E-state index in [0.717, 1.165) is 5.56 Å². The number of nitrogens with zero attached hydrogens (tertiary/aromatic N) is 3. The molecule has 0 bridgehead atoms. The zero-order valence-corrected chi connectivity index (χ0v) is 11.6. The van der Waals surface area contributed by atoms with Crippen LogP contribution in [0.25, 0.3) is 11.5 Å². The molecule has 2 rings (SSSR count). The van der Waals surface area contributed by atoms with E-state index >= 15 is 0 Å². The van der Waals surface area contributed by atoms with E-state index in [1.807, 2.05) is 14.0 Å². The average molecular weight is 276 g/mol. The van der Waals surface area contributed by atoms with Gasteiger partial charge >= 0.3 is 0 Å². The maximum absolute atomic E-state index is 10.9. The molecule has 0 amide bonds. The van der Waals surface area contributed by atoms with E-state index in [2.05, 4.69) is 15.5 Å². The highest BCUT2D eigenvalue weighted by Crippen LogP contribution is 2.24. The van der Waals surface area contributed by atoms with Gasteiger partial charge in [-0.25, -0.2) is 0 Å². The summed E-state index contributed by atoms with van der Waals surface area (Å²) in [4.78, 5) is 14.7. The molecule has 1 unspecified atom stereocenters. The molecule has 1 heterocycles. The molecule has 0 aliphatic carbocycles. The fraction of sp³-hybridized carbons (Fsp3) is 0.385. The van der Waals surface area contributed by atoms with Crippen molar-refractivity contribution < 1.29 is 9.45 Å². The molecule has 20 heavy (non-hydrogen) atoms. The standard InChI is InChI=1S/C13H16N4O3/c1-8-4-10(7-11(5-8)17(18)19)13-15-12(16-20-13)6-9(2)14-3/h4-5,7,9,14H,6H2,1-3H3. The molecule has 7 heteroatoms. The lowest BCUT2D eigenvalue weighted by Crippen LogP contribution is -2.24. The molecule has 2 aromatic rings. The van der Waals surface area contributed by atoms with Crippen molar-refractivity contribution >= 4 is 5.69 Å². The van der Waals surface area contributed by atoms with E-state index in [1.165, 1.54) is 12.1 Å². The van der Waals surface area contributed by atoms with E-state index in [1.54, 1.807) is 13.0 Å². The molecule has 1 aromatic heterocycles. The minimum absolute atomic E-state index is 0.0170. The lowest BCUT2D eigenvalue weighted by Gasteiger charge is -2.04. The fourth-order valence-corrected chi connectivity index (χ4v) is 1.82. The van der Waals surface area contributed by atoms with Crippen LogP contribution in [0.1, 0.15) is 18.3 Å². The summed E-state index contributed by atoms with van der Waals surface area (Å²) in [6, 6.07) is 4.95. The molecule has 0 fully saturated rings. The predicted molar refractivity (Wildman–Crippen MR) is 73.4 cm³/mol. The Hall–Kier alpha value is -2.28. The first kappa shape index (κ1) is 14.1. The smallest absolute Gasteiger partial charge is 0.270 e. The van der Waals surface area contributed by atoms with Crippen LogP contribution in [0, 0.1) is 17.0 Å². The summed E-state index contributed by atoms with van der Waals surface area (Å²) in [5.74, 6) is 0.876. The Balaban J connectivity index is 2.30. The summed E-state index contributed by atoms with van der Waals surface area (Å²) < 4.78 is 5.17. The summed E-state index contributed by atoms with van der Waals surface area (Å²) in [7, 11) is 1.86. The van der Waals surface area contributed by atoms with Crippen LogP contribution < -0.4 is 5.32 Å². The summed E-state index contributed by atoms with van der Waals surface area (Å²) in [6.07, 6.45) is 0.633. The minimum Gasteiger partial charge on any atom is -0.334 e. The second-order valence-electron chi connectivity index (χ2n) is 4.72. The summed E-state index contributed by atoms with van der Waals surface area (Å²) in [6.45, 7) is 3.80. The molecule has 0 aliphatic heterocycles. The lowest BCUT2D eigenvalue weighted by molar-refractivity contribution is -0.384. The number of nitro groups is 1. The third-order valence-electron chi connectivity index (χ3n) is 2.97. The molecule has 1 aromatic carbocycles. The largest absolute Gasteiger partial charge is 0.334 e. The zero-order chi connectivity index (χ0) is 14.7. The number of hydrogen-bond donors (Lipinski definition) is 1. The van der Waals surface area contributed by atoms with E-state index in [0.29, 0.717) is 23.7 Å². The molecule has 106 valence electrons. The number of aryl methyl sites for hydroxylation is 1. The number of aromatic nitrogens is 2. The van der Waals surface area contributed by atoms with Crippen molar-refractivity contribution in [1.82, 2.24) is 15.5 Å². The second-order valence-corrected chi connectivity index (χ2v) is 4.72. The maximum atomic E-state index is 10.9.